The van der Waals surface area contributed by atoms with Gasteiger partial charge in [-0.2, -0.15) is 0 Å². The summed E-state index contributed by atoms with van der Waals surface area (Å²) in [6.45, 7) is 5.70. The van der Waals surface area contributed by atoms with Crippen molar-refractivity contribution in [1.29, 1.82) is 0 Å². The Kier molecular flexibility index (Phi) is 4.15. The summed E-state index contributed by atoms with van der Waals surface area (Å²) in [6.07, 6.45) is 4.11. The van der Waals surface area contributed by atoms with Gasteiger partial charge in [0.05, 0.1) is 23.1 Å². The summed E-state index contributed by atoms with van der Waals surface area (Å²) < 4.78 is 0. The monoisotopic (exact) mass is 248 g/mol. The van der Waals surface area contributed by atoms with E-state index in [4.69, 9.17) is 5.73 Å². The minimum Gasteiger partial charge on any atom is -0.397 e. The molecule has 1 fully saturated rings. The fraction of sp³-hybridized carbons (Fsp3) is 0.538. The minimum atomic E-state index is -0.0912. The van der Waals surface area contributed by atoms with Crippen LogP contribution in [0.25, 0.3) is 0 Å². The number of amides is 1. The molecule has 98 valence electrons. The molecule has 0 aliphatic carbocycles. The number of nitrogens with two attached hydrogens (primary N) is 1. The van der Waals surface area contributed by atoms with E-state index in [0.717, 1.165) is 19.6 Å². The van der Waals surface area contributed by atoms with Gasteiger partial charge >= 0.3 is 0 Å². The van der Waals surface area contributed by atoms with Crippen LogP contribution in [-0.4, -0.2) is 42.0 Å². The van der Waals surface area contributed by atoms with Gasteiger partial charge in [0, 0.05) is 13.1 Å². The lowest BCUT2D eigenvalue weighted by Crippen LogP contribution is -2.33. The highest BCUT2D eigenvalue weighted by molar-refractivity contribution is 5.95. The predicted molar refractivity (Wildman–Crippen MR) is 71.4 cm³/mol. The molecule has 0 unspecified atom stereocenters. The van der Waals surface area contributed by atoms with Crippen LogP contribution < -0.4 is 11.1 Å². The fourth-order valence-corrected chi connectivity index (χ4v) is 2.21. The van der Waals surface area contributed by atoms with E-state index in [9.17, 15) is 4.79 Å². The molecule has 18 heavy (non-hydrogen) atoms. The normalized spacial score (nSPS) is 15.8. The van der Waals surface area contributed by atoms with Crippen LogP contribution in [0.3, 0.4) is 0 Å². The van der Waals surface area contributed by atoms with Crippen molar-refractivity contribution in [3.63, 3.8) is 0 Å². The Labute approximate surface area is 107 Å². The second-order valence-corrected chi connectivity index (χ2v) is 4.71. The number of nitrogens with zero attached hydrogens (tertiary/aromatic N) is 2. The van der Waals surface area contributed by atoms with Gasteiger partial charge in [-0.05, 0) is 38.9 Å². The van der Waals surface area contributed by atoms with Gasteiger partial charge in [0.25, 0.3) is 5.91 Å². The Bertz CT molecular complexity index is 427. The van der Waals surface area contributed by atoms with E-state index in [0.29, 0.717) is 23.5 Å². The van der Waals surface area contributed by atoms with Crippen LogP contribution in [-0.2, 0) is 0 Å². The van der Waals surface area contributed by atoms with Crippen molar-refractivity contribution < 1.29 is 4.79 Å². The van der Waals surface area contributed by atoms with Gasteiger partial charge in [0.2, 0.25) is 0 Å². The first kappa shape index (κ1) is 12.8. The Morgan fingerprint density at radius 3 is 2.94 bits per heavy atom. The number of pyridine rings is 1. The lowest BCUT2D eigenvalue weighted by molar-refractivity contribution is 0.0949. The van der Waals surface area contributed by atoms with Crippen LogP contribution in [0.15, 0.2) is 12.3 Å². The van der Waals surface area contributed by atoms with Crippen molar-refractivity contribution >= 4 is 11.6 Å². The second-order valence-electron chi connectivity index (χ2n) is 4.71. The van der Waals surface area contributed by atoms with Gasteiger partial charge in [-0.1, -0.05) is 0 Å². The second kappa shape index (κ2) is 5.82. The van der Waals surface area contributed by atoms with Crippen molar-refractivity contribution in [1.82, 2.24) is 15.2 Å². The molecule has 0 bridgehead atoms. The largest absolute Gasteiger partial charge is 0.397 e. The molecule has 0 spiro atoms. The Morgan fingerprint density at radius 1 is 1.50 bits per heavy atom. The van der Waals surface area contributed by atoms with Gasteiger partial charge in [-0.15, -0.1) is 0 Å². The molecule has 0 atom stereocenters. The number of carbonyl (C=O) groups excluding carboxylic acids is 1. The van der Waals surface area contributed by atoms with Crippen molar-refractivity contribution in [2.75, 3.05) is 31.9 Å². The average Bonchev–Trinajstić information content (AvgIpc) is 2.85. The highest BCUT2D eigenvalue weighted by atomic mass is 16.1. The van der Waals surface area contributed by atoms with Crippen LogP contribution in [0.2, 0.25) is 0 Å². The van der Waals surface area contributed by atoms with Gasteiger partial charge in [0.1, 0.15) is 0 Å². The number of hydrogen-bond acceptors (Lipinski definition) is 4. The van der Waals surface area contributed by atoms with E-state index >= 15 is 0 Å². The Balaban J connectivity index is 1.85. The molecule has 5 heteroatoms. The first-order valence-corrected chi connectivity index (χ1v) is 6.39. The number of carbonyl (C=O) groups is 1. The highest BCUT2D eigenvalue weighted by Gasteiger charge is 2.13. The zero-order valence-corrected chi connectivity index (χ0v) is 10.8. The first-order valence-electron chi connectivity index (χ1n) is 6.39. The summed E-state index contributed by atoms with van der Waals surface area (Å²) in [5, 5.41) is 2.92. The topological polar surface area (TPSA) is 71.2 Å². The maximum absolute atomic E-state index is 12.0. The lowest BCUT2D eigenvalue weighted by atomic mass is 10.2. The highest BCUT2D eigenvalue weighted by Crippen LogP contribution is 2.09. The molecule has 3 N–H and O–H groups in total. The lowest BCUT2D eigenvalue weighted by Gasteiger charge is -2.15. The number of nitrogen functional groups attached to an aromatic ring is 1. The van der Waals surface area contributed by atoms with Crippen molar-refractivity contribution in [3.05, 3.63) is 23.5 Å². The molecule has 5 nitrogen and oxygen atoms in total. The molecule has 0 saturated carbocycles. The maximum Gasteiger partial charge on any atom is 0.253 e. The predicted octanol–water partition coefficient (Wildman–Crippen LogP) is 0.798. The van der Waals surface area contributed by atoms with E-state index in [1.165, 1.54) is 12.8 Å². The molecule has 1 amide bonds. The van der Waals surface area contributed by atoms with Crippen LogP contribution in [0, 0.1) is 6.92 Å². The van der Waals surface area contributed by atoms with E-state index < -0.39 is 0 Å². The summed E-state index contributed by atoms with van der Waals surface area (Å²) in [6, 6.07) is 1.67. The number of aromatic nitrogens is 1. The summed E-state index contributed by atoms with van der Waals surface area (Å²) in [5.74, 6) is -0.0912. The molecule has 1 aromatic heterocycles. The number of likely N-dealkylation sites (tertiary alicyclic amines) is 1. The van der Waals surface area contributed by atoms with Gasteiger partial charge in [-0.25, -0.2) is 0 Å². The van der Waals surface area contributed by atoms with Crippen molar-refractivity contribution in [2.45, 2.75) is 19.8 Å². The molecule has 1 aliphatic rings. The average molecular weight is 248 g/mol. The molecule has 1 saturated heterocycles. The van der Waals surface area contributed by atoms with Crippen LogP contribution >= 0.6 is 0 Å². The first-order chi connectivity index (χ1) is 8.66. The van der Waals surface area contributed by atoms with Crippen LogP contribution in [0.1, 0.15) is 28.9 Å². The fourth-order valence-electron chi connectivity index (χ4n) is 2.21. The number of rotatable bonds is 4. The van der Waals surface area contributed by atoms with E-state index in [1.807, 2.05) is 6.92 Å². The summed E-state index contributed by atoms with van der Waals surface area (Å²) in [7, 11) is 0. The molecule has 2 rings (SSSR count). The Morgan fingerprint density at radius 2 is 2.22 bits per heavy atom. The molecule has 0 radical (unpaired) electrons. The minimum absolute atomic E-state index is 0.0912. The smallest absolute Gasteiger partial charge is 0.253 e. The SMILES string of the molecule is Cc1ncc(N)cc1C(=O)NCCN1CCCC1. The maximum atomic E-state index is 12.0. The molecule has 2 heterocycles. The third-order valence-corrected chi connectivity index (χ3v) is 3.26. The van der Waals surface area contributed by atoms with Crippen LogP contribution in [0.5, 0.6) is 0 Å². The summed E-state index contributed by atoms with van der Waals surface area (Å²) >= 11 is 0. The molecule has 0 aromatic carbocycles. The van der Waals surface area contributed by atoms with Crippen LogP contribution in [0.4, 0.5) is 5.69 Å². The van der Waals surface area contributed by atoms with E-state index in [1.54, 1.807) is 12.3 Å². The quantitative estimate of drug-likeness (QED) is 0.826. The number of aryl methyl sites for hydroxylation is 1. The molecular weight excluding hydrogens is 228 g/mol. The standard InChI is InChI=1S/C13H20N4O/c1-10-12(8-11(14)9-16-10)13(18)15-4-7-17-5-2-3-6-17/h8-9H,2-7,14H2,1H3,(H,15,18). The van der Waals surface area contributed by atoms with Gasteiger partial charge in [0.15, 0.2) is 0 Å². The zero-order valence-electron chi connectivity index (χ0n) is 10.8. The zero-order chi connectivity index (χ0) is 13.0. The number of nitrogens with one attached hydrogen (secondary N) is 1. The van der Waals surface area contributed by atoms with Gasteiger partial charge < -0.3 is 16.0 Å². The number of hydrogen-bond donors (Lipinski definition) is 2. The molecule has 1 aliphatic heterocycles. The van der Waals surface area contributed by atoms with E-state index in [-0.39, 0.29) is 5.91 Å². The third kappa shape index (κ3) is 3.20. The third-order valence-electron chi connectivity index (χ3n) is 3.26. The van der Waals surface area contributed by atoms with Gasteiger partial charge in [-0.3, -0.25) is 9.78 Å². The molecular formula is C13H20N4O. The summed E-state index contributed by atoms with van der Waals surface area (Å²) in [4.78, 5) is 18.4. The van der Waals surface area contributed by atoms with Crippen molar-refractivity contribution in [3.8, 4) is 0 Å². The summed E-state index contributed by atoms with van der Waals surface area (Å²) in [5.41, 5.74) is 7.44. The number of anilines is 1. The van der Waals surface area contributed by atoms with E-state index in [2.05, 4.69) is 15.2 Å². The molecule has 1 aromatic rings. The van der Waals surface area contributed by atoms with Crippen molar-refractivity contribution in [2.24, 2.45) is 0 Å². The Hall–Kier alpha value is -1.62.